The van der Waals surface area contributed by atoms with Crippen LogP contribution in [0.5, 0.6) is 0 Å². The molecule has 0 N–H and O–H groups in total. The first-order chi connectivity index (χ1) is 11.4. The van der Waals surface area contributed by atoms with Gasteiger partial charge in [0, 0.05) is 31.6 Å². The van der Waals surface area contributed by atoms with Crippen molar-refractivity contribution in [3.8, 4) is 0 Å². The standard InChI is InChI=1S/C17H28N4O2S/c1-3-4-12-24(22,23)21-11-9-17(14-21)8-5-10-20(13-17)16-7-6-15(2)18-19-16/h6-7H,3-5,8-14H2,1-2H3/t17-/m1/s1. The highest BCUT2D eigenvalue weighted by molar-refractivity contribution is 7.89. The van der Waals surface area contributed by atoms with Crippen LogP contribution in [-0.4, -0.2) is 54.9 Å². The average molecular weight is 353 g/mol. The SMILES string of the molecule is CCCCS(=O)(=O)N1CC[C@@]2(CCCN(c3ccc(C)nn3)C2)C1. The lowest BCUT2D eigenvalue weighted by Gasteiger charge is -2.40. The molecule has 3 heterocycles. The van der Waals surface area contributed by atoms with Gasteiger partial charge in [0.2, 0.25) is 10.0 Å². The molecule has 0 radical (unpaired) electrons. The Morgan fingerprint density at radius 1 is 1.17 bits per heavy atom. The molecule has 6 nitrogen and oxygen atoms in total. The Hall–Kier alpha value is -1.21. The van der Waals surface area contributed by atoms with E-state index in [0.717, 1.165) is 56.7 Å². The van der Waals surface area contributed by atoms with Gasteiger partial charge in [0.05, 0.1) is 11.4 Å². The third kappa shape index (κ3) is 3.72. The minimum Gasteiger partial charge on any atom is -0.355 e. The van der Waals surface area contributed by atoms with Gasteiger partial charge in [0.15, 0.2) is 5.82 Å². The molecule has 0 unspecified atom stereocenters. The number of sulfonamides is 1. The normalized spacial score (nSPS) is 25.5. The average Bonchev–Trinajstić information content (AvgIpc) is 2.98. The molecule has 1 aromatic rings. The van der Waals surface area contributed by atoms with Crippen LogP contribution in [0.25, 0.3) is 0 Å². The number of piperidine rings is 1. The van der Waals surface area contributed by atoms with Crippen molar-refractivity contribution in [3.05, 3.63) is 17.8 Å². The number of aromatic nitrogens is 2. The molecule has 1 atom stereocenters. The number of hydrogen-bond acceptors (Lipinski definition) is 5. The van der Waals surface area contributed by atoms with Crippen LogP contribution < -0.4 is 4.90 Å². The van der Waals surface area contributed by atoms with Crippen molar-refractivity contribution in [2.75, 3.05) is 36.8 Å². The van der Waals surface area contributed by atoms with Crippen LogP contribution in [-0.2, 0) is 10.0 Å². The molecule has 24 heavy (non-hydrogen) atoms. The summed E-state index contributed by atoms with van der Waals surface area (Å²) in [6.07, 6.45) is 4.80. The molecule has 134 valence electrons. The fourth-order valence-corrected chi connectivity index (χ4v) is 5.64. The molecule has 0 bridgehead atoms. The van der Waals surface area contributed by atoms with E-state index in [1.807, 2.05) is 26.0 Å². The van der Waals surface area contributed by atoms with Gasteiger partial charge in [0.25, 0.3) is 0 Å². The lowest BCUT2D eigenvalue weighted by atomic mass is 9.79. The molecular formula is C17H28N4O2S. The van der Waals surface area contributed by atoms with Gasteiger partial charge in [-0.1, -0.05) is 13.3 Å². The van der Waals surface area contributed by atoms with Crippen LogP contribution in [0, 0.1) is 12.3 Å². The Morgan fingerprint density at radius 3 is 2.71 bits per heavy atom. The third-order valence-electron chi connectivity index (χ3n) is 5.32. The Kier molecular flexibility index (Phi) is 5.11. The Labute approximate surface area is 145 Å². The zero-order chi connectivity index (χ0) is 17.2. The maximum Gasteiger partial charge on any atom is 0.214 e. The van der Waals surface area contributed by atoms with E-state index in [4.69, 9.17) is 0 Å². The summed E-state index contributed by atoms with van der Waals surface area (Å²) in [6.45, 7) is 7.15. The molecule has 3 rings (SSSR count). The van der Waals surface area contributed by atoms with Gasteiger partial charge in [0.1, 0.15) is 0 Å². The highest BCUT2D eigenvalue weighted by Crippen LogP contribution is 2.40. The third-order valence-corrected chi connectivity index (χ3v) is 7.22. The molecule has 1 spiro atoms. The molecule has 0 amide bonds. The van der Waals surface area contributed by atoms with Gasteiger partial charge in [-0.3, -0.25) is 0 Å². The second-order valence-electron chi connectivity index (χ2n) is 7.31. The van der Waals surface area contributed by atoms with Gasteiger partial charge in [-0.2, -0.15) is 5.10 Å². The van der Waals surface area contributed by atoms with Crippen molar-refractivity contribution in [2.24, 2.45) is 5.41 Å². The van der Waals surface area contributed by atoms with Crippen molar-refractivity contribution in [1.29, 1.82) is 0 Å². The van der Waals surface area contributed by atoms with Crippen molar-refractivity contribution in [1.82, 2.24) is 14.5 Å². The maximum atomic E-state index is 12.5. The van der Waals surface area contributed by atoms with Crippen LogP contribution in [0.4, 0.5) is 5.82 Å². The lowest BCUT2D eigenvalue weighted by Crippen LogP contribution is -2.46. The first-order valence-corrected chi connectivity index (χ1v) is 10.6. The lowest BCUT2D eigenvalue weighted by molar-refractivity contribution is 0.246. The predicted octanol–water partition coefficient (Wildman–Crippen LogP) is 2.21. The van der Waals surface area contributed by atoms with Gasteiger partial charge in [-0.15, -0.1) is 5.10 Å². The van der Waals surface area contributed by atoms with E-state index in [1.54, 1.807) is 4.31 Å². The van der Waals surface area contributed by atoms with Crippen molar-refractivity contribution >= 4 is 15.8 Å². The Bertz CT molecular complexity index is 662. The second-order valence-corrected chi connectivity index (χ2v) is 9.40. The quantitative estimate of drug-likeness (QED) is 0.813. The molecule has 0 aromatic carbocycles. The smallest absolute Gasteiger partial charge is 0.214 e. The monoisotopic (exact) mass is 352 g/mol. The van der Waals surface area contributed by atoms with E-state index in [2.05, 4.69) is 15.1 Å². The van der Waals surface area contributed by atoms with Crippen molar-refractivity contribution in [3.63, 3.8) is 0 Å². The molecule has 1 aromatic heterocycles. The number of unbranched alkanes of at least 4 members (excludes halogenated alkanes) is 1. The number of rotatable bonds is 5. The van der Waals surface area contributed by atoms with Crippen LogP contribution in [0.1, 0.15) is 44.7 Å². The zero-order valence-electron chi connectivity index (χ0n) is 14.7. The summed E-state index contributed by atoms with van der Waals surface area (Å²) in [5.74, 6) is 1.19. The van der Waals surface area contributed by atoms with E-state index in [9.17, 15) is 8.42 Å². The summed E-state index contributed by atoms with van der Waals surface area (Å²) in [7, 11) is -3.10. The Balaban J connectivity index is 1.69. The molecule has 7 heteroatoms. The minimum atomic E-state index is -3.10. The van der Waals surface area contributed by atoms with Gasteiger partial charge >= 0.3 is 0 Å². The number of nitrogens with zero attached hydrogens (tertiary/aromatic N) is 4. The molecular weight excluding hydrogens is 324 g/mol. The van der Waals surface area contributed by atoms with E-state index in [1.165, 1.54) is 0 Å². The summed E-state index contributed by atoms with van der Waals surface area (Å²) in [4.78, 5) is 2.28. The first kappa shape index (κ1) is 17.6. The van der Waals surface area contributed by atoms with E-state index >= 15 is 0 Å². The summed E-state index contributed by atoms with van der Waals surface area (Å²) < 4.78 is 26.7. The van der Waals surface area contributed by atoms with Crippen LogP contribution >= 0.6 is 0 Å². The molecule has 2 aliphatic rings. The minimum absolute atomic E-state index is 0.0735. The maximum absolute atomic E-state index is 12.5. The van der Waals surface area contributed by atoms with E-state index < -0.39 is 10.0 Å². The molecule has 0 saturated carbocycles. The van der Waals surface area contributed by atoms with Gasteiger partial charge in [-0.25, -0.2) is 12.7 Å². The molecule has 2 fully saturated rings. The van der Waals surface area contributed by atoms with Crippen molar-refractivity contribution in [2.45, 2.75) is 46.0 Å². The predicted molar refractivity (Wildman–Crippen MR) is 95.5 cm³/mol. The second kappa shape index (κ2) is 6.96. The number of anilines is 1. The van der Waals surface area contributed by atoms with Crippen LogP contribution in [0.3, 0.4) is 0 Å². The highest BCUT2D eigenvalue weighted by Gasteiger charge is 2.44. The van der Waals surface area contributed by atoms with E-state index in [0.29, 0.717) is 13.1 Å². The van der Waals surface area contributed by atoms with Crippen LogP contribution in [0.2, 0.25) is 0 Å². The first-order valence-electron chi connectivity index (χ1n) is 8.97. The van der Waals surface area contributed by atoms with Crippen molar-refractivity contribution < 1.29 is 8.42 Å². The fraction of sp³-hybridized carbons (Fsp3) is 0.765. The summed E-state index contributed by atoms with van der Waals surface area (Å²) in [6, 6.07) is 4.01. The summed E-state index contributed by atoms with van der Waals surface area (Å²) in [5.41, 5.74) is 0.990. The zero-order valence-corrected chi connectivity index (χ0v) is 15.6. The topological polar surface area (TPSA) is 66.4 Å². The number of aryl methyl sites for hydroxylation is 1. The van der Waals surface area contributed by atoms with Gasteiger partial charge < -0.3 is 4.90 Å². The molecule has 2 saturated heterocycles. The largest absolute Gasteiger partial charge is 0.355 e. The fourth-order valence-electron chi connectivity index (χ4n) is 3.88. The molecule has 2 aliphatic heterocycles. The highest BCUT2D eigenvalue weighted by atomic mass is 32.2. The van der Waals surface area contributed by atoms with E-state index in [-0.39, 0.29) is 11.2 Å². The number of hydrogen-bond donors (Lipinski definition) is 0. The van der Waals surface area contributed by atoms with Crippen LogP contribution in [0.15, 0.2) is 12.1 Å². The summed E-state index contributed by atoms with van der Waals surface area (Å²) in [5, 5.41) is 8.47. The summed E-state index contributed by atoms with van der Waals surface area (Å²) >= 11 is 0. The Morgan fingerprint density at radius 2 is 2.00 bits per heavy atom. The molecule has 0 aliphatic carbocycles. The van der Waals surface area contributed by atoms with Gasteiger partial charge in [-0.05, 0) is 44.7 Å².